The second-order valence-electron chi connectivity index (χ2n) is 8.55. The number of amides is 3. The van der Waals surface area contributed by atoms with Crippen LogP contribution in [0.2, 0.25) is 5.02 Å². The summed E-state index contributed by atoms with van der Waals surface area (Å²) in [5.41, 5.74) is 1.33. The van der Waals surface area contributed by atoms with Gasteiger partial charge in [-0.25, -0.2) is 4.79 Å². The third-order valence-corrected chi connectivity index (χ3v) is 6.56. The molecule has 0 spiro atoms. The van der Waals surface area contributed by atoms with Crippen molar-refractivity contribution in [2.75, 3.05) is 24.4 Å². The summed E-state index contributed by atoms with van der Waals surface area (Å²) in [6.07, 6.45) is 0.563. The molecule has 0 aromatic heterocycles. The summed E-state index contributed by atoms with van der Waals surface area (Å²) < 4.78 is 16.9. The fourth-order valence-electron chi connectivity index (χ4n) is 4.65. The van der Waals surface area contributed by atoms with Crippen LogP contribution in [-0.2, 0) is 0 Å². The lowest BCUT2D eigenvalue weighted by Gasteiger charge is -2.50. The maximum Gasteiger partial charge on any atom is 0.325 e. The minimum Gasteiger partial charge on any atom is -0.495 e. The number of halogens is 1. The number of para-hydroxylation sites is 1. The first kappa shape index (κ1) is 22.9. The van der Waals surface area contributed by atoms with Gasteiger partial charge < -0.3 is 24.8 Å². The van der Waals surface area contributed by atoms with Gasteiger partial charge in [-0.15, -0.1) is 0 Å². The number of methoxy groups -OCH3 is 2. The van der Waals surface area contributed by atoms with E-state index in [0.29, 0.717) is 39.9 Å². The van der Waals surface area contributed by atoms with Gasteiger partial charge in [0.2, 0.25) is 0 Å². The van der Waals surface area contributed by atoms with E-state index in [4.69, 9.17) is 25.8 Å². The normalized spacial score (nSPS) is 20.3. The SMILES string of the molecule is COc1cc(OC)c(NC(=O)c2cccc(N3C(=O)NC4CC3(C)Oc3ccccc34)c2)cc1Cl. The molecule has 2 unspecified atom stereocenters. The van der Waals surface area contributed by atoms with Crippen LogP contribution in [0.4, 0.5) is 16.2 Å². The molecule has 0 radical (unpaired) electrons. The molecular weight excluding hydrogens is 470 g/mol. The molecule has 2 bridgehead atoms. The van der Waals surface area contributed by atoms with Gasteiger partial charge >= 0.3 is 6.03 Å². The molecule has 3 aromatic carbocycles. The minimum atomic E-state index is -0.914. The molecule has 2 aliphatic rings. The lowest BCUT2D eigenvalue weighted by atomic mass is 9.90. The Morgan fingerprint density at radius 3 is 2.66 bits per heavy atom. The number of carbonyl (C=O) groups excluding carboxylic acids is 2. The van der Waals surface area contributed by atoms with Crippen molar-refractivity contribution >= 4 is 34.9 Å². The van der Waals surface area contributed by atoms with Crippen molar-refractivity contribution in [2.24, 2.45) is 0 Å². The second kappa shape index (κ2) is 8.70. The van der Waals surface area contributed by atoms with Crippen molar-refractivity contribution in [3.63, 3.8) is 0 Å². The van der Waals surface area contributed by atoms with E-state index in [-0.39, 0.29) is 18.0 Å². The van der Waals surface area contributed by atoms with E-state index in [1.165, 1.54) is 14.2 Å². The number of ether oxygens (including phenoxy) is 3. The molecule has 35 heavy (non-hydrogen) atoms. The zero-order valence-electron chi connectivity index (χ0n) is 19.4. The van der Waals surface area contributed by atoms with Crippen LogP contribution in [0.5, 0.6) is 17.2 Å². The van der Waals surface area contributed by atoms with Gasteiger partial charge in [0.05, 0.1) is 36.7 Å². The number of urea groups is 1. The second-order valence-corrected chi connectivity index (χ2v) is 8.96. The highest BCUT2D eigenvalue weighted by Gasteiger charge is 2.49. The van der Waals surface area contributed by atoms with Crippen molar-refractivity contribution in [1.82, 2.24) is 5.32 Å². The molecule has 2 N–H and O–H groups in total. The zero-order valence-corrected chi connectivity index (χ0v) is 20.2. The van der Waals surface area contributed by atoms with Crippen molar-refractivity contribution in [1.29, 1.82) is 0 Å². The largest absolute Gasteiger partial charge is 0.495 e. The molecule has 8 nitrogen and oxygen atoms in total. The molecule has 0 saturated carbocycles. The van der Waals surface area contributed by atoms with Crippen LogP contribution in [0, 0.1) is 0 Å². The molecule has 1 saturated heterocycles. The predicted molar refractivity (Wildman–Crippen MR) is 133 cm³/mol. The summed E-state index contributed by atoms with van der Waals surface area (Å²) in [6, 6.07) is 17.2. The van der Waals surface area contributed by atoms with Gasteiger partial charge in [0.1, 0.15) is 17.2 Å². The Bertz CT molecular complexity index is 1330. The Morgan fingerprint density at radius 2 is 1.89 bits per heavy atom. The van der Waals surface area contributed by atoms with Crippen LogP contribution in [0.25, 0.3) is 0 Å². The van der Waals surface area contributed by atoms with Gasteiger partial charge in [-0.1, -0.05) is 35.9 Å². The first-order valence-corrected chi connectivity index (χ1v) is 11.4. The van der Waals surface area contributed by atoms with Gasteiger partial charge in [-0.05, 0) is 37.3 Å². The molecule has 9 heteroatoms. The number of fused-ring (bicyclic) bond motifs is 4. The van der Waals surface area contributed by atoms with E-state index in [0.717, 1.165) is 11.3 Å². The Kier molecular flexibility index (Phi) is 5.68. The number of carbonyl (C=O) groups is 2. The smallest absolute Gasteiger partial charge is 0.325 e. The third kappa shape index (κ3) is 4.00. The summed E-state index contributed by atoms with van der Waals surface area (Å²) in [5, 5.41) is 6.22. The number of rotatable bonds is 5. The summed E-state index contributed by atoms with van der Waals surface area (Å²) in [4.78, 5) is 27.9. The number of hydrogen-bond donors (Lipinski definition) is 2. The van der Waals surface area contributed by atoms with Gasteiger partial charge in [0.15, 0.2) is 5.72 Å². The first-order chi connectivity index (χ1) is 16.8. The average Bonchev–Trinajstić information content (AvgIpc) is 2.84. The first-order valence-electron chi connectivity index (χ1n) is 11.0. The standard InChI is InChI=1S/C26H24ClN3O5/c1-26-14-20(17-9-4-5-10-21(17)35-26)29-25(32)30(26)16-8-6-7-15(11-16)24(31)28-19-12-18(27)22(33-2)13-23(19)34-3/h4-13,20H,14H2,1-3H3,(H,28,31)(H,29,32). The van der Waals surface area contributed by atoms with Crippen LogP contribution in [0.3, 0.4) is 0 Å². The highest BCUT2D eigenvalue weighted by Crippen LogP contribution is 2.45. The molecule has 3 aromatic rings. The van der Waals surface area contributed by atoms with Gasteiger partial charge in [-0.2, -0.15) is 0 Å². The monoisotopic (exact) mass is 493 g/mol. The highest BCUT2D eigenvalue weighted by molar-refractivity contribution is 6.32. The maximum atomic E-state index is 13.2. The van der Waals surface area contributed by atoms with E-state index in [1.807, 2.05) is 31.2 Å². The number of hydrogen-bond acceptors (Lipinski definition) is 5. The van der Waals surface area contributed by atoms with E-state index in [1.54, 1.807) is 41.3 Å². The van der Waals surface area contributed by atoms with E-state index >= 15 is 0 Å². The van der Waals surface area contributed by atoms with Crippen molar-refractivity contribution < 1.29 is 23.8 Å². The Morgan fingerprint density at radius 1 is 1.11 bits per heavy atom. The third-order valence-electron chi connectivity index (χ3n) is 6.27. The summed E-state index contributed by atoms with van der Waals surface area (Å²) in [5.74, 6) is 1.18. The topological polar surface area (TPSA) is 89.1 Å². The zero-order chi connectivity index (χ0) is 24.7. The van der Waals surface area contributed by atoms with Crippen molar-refractivity contribution in [3.8, 4) is 17.2 Å². The molecule has 1 fully saturated rings. The van der Waals surface area contributed by atoms with E-state index in [9.17, 15) is 9.59 Å². The number of nitrogens with one attached hydrogen (secondary N) is 2. The number of nitrogens with zero attached hydrogens (tertiary/aromatic N) is 1. The molecule has 2 heterocycles. The molecular formula is C26H24ClN3O5. The fraction of sp³-hybridized carbons (Fsp3) is 0.231. The molecule has 180 valence electrons. The number of benzene rings is 3. The molecule has 2 atom stereocenters. The Balaban J connectivity index is 1.44. The van der Waals surface area contributed by atoms with Crippen LogP contribution in [0.1, 0.15) is 35.3 Å². The quantitative estimate of drug-likeness (QED) is 0.498. The van der Waals surface area contributed by atoms with Crippen LogP contribution < -0.4 is 29.7 Å². The molecule has 0 aliphatic carbocycles. The molecule has 3 amide bonds. The minimum absolute atomic E-state index is 0.146. The van der Waals surface area contributed by atoms with Gasteiger partial charge in [0.25, 0.3) is 5.91 Å². The van der Waals surface area contributed by atoms with Crippen molar-refractivity contribution in [3.05, 3.63) is 76.8 Å². The van der Waals surface area contributed by atoms with E-state index < -0.39 is 5.72 Å². The maximum absolute atomic E-state index is 13.2. The summed E-state index contributed by atoms with van der Waals surface area (Å²) >= 11 is 6.23. The fourth-order valence-corrected chi connectivity index (χ4v) is 4.89. The number of anilines is 2. The average molecular weight is 494 g/mol. The van der Waals surface area contributed by atoms with Crippen LogP contribution >= 0.6 is 11.6 Å². The lowest BCUT2D eigenvalue weighted by Crippen LogP contribution is -2.65. The van der Waals surface area contributed by atoms with E-state index in [2.05, 4.69) is 10.6 Å². The van der Waals surface area contributed by atoms with Crippen LogP contribution in [0.15, 0.2) is 60.7 Å². The lowest BCUT2D eigenvalue weighted by molar-refractivity contribution is 0.0378. The van der Waals surface area contributed by atoms with Gasteiger partial charge in [-0.3, -0.25) is 9.69 Å². The predicted octanol–water partition coefficient (Wildman–Crippen LogP) is 5.38. The van der Waals surface area contributed by atoms with Gasteiger partial charge in [0, 0.05) is 23.6 Å². The van der Waals surface area contributed by atoms with Crippen LogP contribution in [-0.4, -0.2) is 31.9 Å². The Labute approximate surface area is 207 Å². The van der Waals surface area contributed by atoms with Crippen molar-refractivity contribution in [2.45, 2.75) is 25.1 Å². The highest BCUT2D eigenvalue weighted by atomic mass is 35.5. The molecule has 2 aliphatic heterocycles. The molecule has 5 rings (SSSR count). The summed E-state index contributed by atoms with van der Waals surface area (Å²) in [7, 11) is 2.99. The summed E-state index contributed by atoms with van der Waals surface area (Å²) in [6.45, 7) is 1.88. The Hall–Kier alpha value is -3.91.